The van der Waals surface area contributed by atoms with Crippen LogP contribution >= 0.6 is 0 Å². The van der Waals surface area contributed by atoms with E-state index in [1.165, 1.54) is 24.3 Å². The largest absolute Gasteiger partial charge is 0.505 e. The molecule has 2 aromatic rings. The van der Waals surface area contributed by atoms with Crippen molar-refractivity contribution >= 4 is 0 Å². The summed E-state index contributed by atoms with van der Waals surface area (Å²) >= 11 is 0. The van der Waals surface area contributed by atoms with Gasteiger partial charge in [0, 0.05) is 0 Å². The van der Waals surface area contributed by atoms with Crippen molar-refractivity contribution in [1.82, 2.24) is 0 Å². The molecule has 0 aromatic heterocycles. The maximum Gasteiger partial charge on any atom is 0.200 e. The number of hydrogen-bond donors (Lipinski definition) is 1. The monoisotopic (exact) mass is 224 g/mol. The summed E-state index contributed by atoms with van der Waals surface area (Å²) in [5, 5.41) is 9.10. The van der Waals surface area contributed by atoms with Crippen LogP contribution < -0.4 is 0 Å². The number of halogens is 3. The molecule has 1 N–H and O–H groups in total. The minimum Gasteiger partial charge on any atom is -0.505 e. The summed E-state index contributed by atoms with van der Waals surface area (Å²) in [6, 6.07) is 7.35. The van der Waals surface area contributed by atoms with Crippen LogP contribution in [-0.4, -0.2) is 5.11 Å². The van der Waals surface area contributed by atoms with Crippen molar-refractivity contribution < 1.29 is 18.3 Å². The van der Waals surface area contributed by atoms with Crippen LogP contribution in [0.2, 0.25) is 0 Å². The highest BCUT2D eigenvalue weighted by Crippen LogP contribution is 2.28. The molecule has 0 aliphatic rings. The zero-order valence-corrected chi connectivity index (χ0v) is 8.05. The molecule has 0 spiro atoms. The van der Waals surface area contributed by atoms with E-state index in [0.29, 0.717) is 5.56 Å². The van der Waals surface area contributed by atoms with Crippen LogP contribution in [0.5, 0.6) is 5.75 Å². The molecule has 82 valence electrons. The van der Waals surface area contributed by atoms with Crippen LogP contribution in [0.1, 0.15) is 0 Å². The Labute approximate surface area is 89.8 Å². The van der Waals surface area contributed by atoms with Crippen molar-refractivity contribution in [3.05, 3.63) is 53.8 Å². The van der Waals surface area contributed by atoms with Gasteiger partial charge >= 0.3 is 0 Å². The van der Waals surface area contributed by atoms with E-state index < -0.39 is 23.2 Å². The first-order chi connectivity index (χ1) is 7.58. The lowest BCUT2D eigenvalue weighted by atomic mass is 10.1. The molecule has 0 aliphatic heterocycles. The van der Waals surface area contributed by atoms with Gasteiger partial charge in [0.05, 0.1) is 0 Å². The third-order valence-electron chi connectivity index (χ3n) is 2.17. The molecule has 0 radical (unpaired) electrons. The molecule has 4 heteroatoms. The van der Waals surface area contributed by atoms with E-state index in [1.54, 1.807) is 0 Å². The van der Waals surface area contributed by atoms with Crippen LogP contribution in [0.3, 0.4) is 0 Å². The summed E-state index contributed by atoms with van der Waals surface area (Å²) in [5.74, 6) is -3.75. The van der Waals surface area contributed by atoms with E-state index in [0.717, 1.165) is 12.1 Å². The SMILES string of the molecule is Oc1cc(-c2cccc(F)c2)cc(F)c1F. The molecule has 0 saturated carbocycles. The number of phenolic OH excluding ortho intramolecular Hbond substituents is 1. The summed E-state index contributed by atoms with van der Waals surface area (Å²) in [6.07, 6.45) is 0. The van der Waals surface area contributed by atoms with Crippen LogP contribution in [0, 0.1) is 17.5 Å². The lowest BCUT2D eigenvalue weighted by Gasteiger charge is -2.04. The summed E-state index contributed by atoms with van der Waals surface area (Å²) < 4.78 is 38.7. The second kappa shape index (κ2) is 3.89. The summed E-state index contributed by atoms with van der Waals surface area (Å²) in [6.45, 7) is 0. The fourth-order valence-corrected chi connectivity index (χ4v) is 1.41. The maximum absolute atomic E-state index is 13.0. The van der Waals surface area contributed by atoms with Gasteiger partial charge in [0.15, 0.2) is 17.4 Å². The Morgan fingerprint density at radius 1 is 0.875 bits per heavy atom. The van der Waals surface area contributed by atoms with E-state index in [4.69, 9.17) is 5.11 Å². The minimum atomic E-state index is -1.31. The van der Waals surface area contributed by atoms with E-state index in [1.807, 2.05) is 0 Å². The minimum absolute atomic E-state index is 0.218. The molecule has 2 rings (SSSR count). The van der Waals surface area contributed by atoms with Gasteiger partial charge in [-0.05, 0) is 35.4 Å². The van der Waals surface area contributed by atoms with Crippen LogP contribution in [0.15, 0.2) is 36.4 Å². The fourth-order valence-electron chi connectivity index (χ4n) is 1.41. The van der Waals surface area contributed by atoms with E-state index in [9.17, 15) is 13.2 Å². The Morgan fingerprint density at radius 3 is 2.25 bits per heavy atom. The Kier molecular flexibility index (Phi) is 2.56. The fraction of sp³-hybridized carbons (Fsp3) is 0. The molecule has 0 atom stereocenters. The molecule has 0 unspecified atom stereocenters. The standard InChI is InChI=1S/C12H7F3O/c13-9-3-1-2-7(4-9)8-5-10(14)12(15)11(16)6-8/h1-6,16H. The van der Waals surface area contributed by atoms with Crippen molar-refractivity contribution in [3.63, 3.8) is 0 Å². The van der Waals surface area contributed by atoms with Crippen LogP contribution in [0.25, 0.3) is 11.1 Å². The molecule has 0 aliphatic carbocycles. The molecule has 2 aromatic carbocycles. The van der Waals surface area contributed by atoms with Gasteiger partial charge in [0.2, 0.25) is 0 Å². The lowest BCUT2D eigenvalue weighted by Crippen LogP contribution is -1.87. The normalized spacial score (nSPS) is 10.4. The quantitative estimate of drug-likeness (QED) is 0.786. The predicted molar refractivity (Wildman–Crippen MR) is 53.4 cm³/mol. The Balaban J connectivity index is 2.57. The Bertz CT molecular complexity index is 515. The molecular weight excluding hydrogens is 217 g/mol. The maximum atomic E-state index is 13.0. The van der Waals surface area contributed by atoms with Gasteiger partial charge in [0.25, 0.3) is 0 Å². The molecule has 0 fully saturated rings. The average molecular weight is 224 g/mol. The molecular formula is C12H7F3O. The smallest absolute Gasteiger partial charge is 0.200 e. The molecule has 16 heavy (non-hydrogen) atoms. The number of rotatable bonds is 1. The molecule has 0 bridgehead atoms. The highest BCUT2D eigenvalue weighted by molar-refractivity contribution is 5.65. The van der Waals surface area contributed by atoms with Gasteiger partial charge in [-0.1, -0.05) is 12.1 Å². The zero-order chi connectivity index (χ0) is 11.7. The number of hydrogen-bond acceptors (Lipinski definition) is 1. The first kappa shape index (κ1) is 10.5. The second-order valence-electron chi connectivity index (χ2n) is 3.30. The van der Waals surface area contributed by atoms with E-state index >= 15 is 0 Å². The molecule has 1 nitrogen and oxygen atoms in total. The van der Waals surface area contributed by atoms with Gasteiger partial charge in [-0.25, -0.2) is 8.78 Å². The highest BCUT2D eigenvalue weighted by Gasteiger charge is 2.10. The summed E-state index contributed by atoms with van der Waals surface area (Å²) in [5.41, 5.74) is 0.588. The lowest BCUT2D eigenvalue weighted by molar-refractivity contribution is 0.407. The van der Waals surface area contributed by atoms with Gasteiger partial charge in [-0.15, -0.1) is 0 Å². The molecule has 0 saturated heterocycles. The molecule has 0 heterocycles. The van der Waals surface area contributed by atoms with Crippen molar-refractivity contribution in [1.29, 1.82) is 0 Å². The van der Waals surface area contributed by atoms with Gasteiger partial charge in [0.1, 0.15) is 5.82 Å². The predicted octanol–water partition coefficient (Wildman–Crippen LogP) is 3.48. The first-order valence-corrected chi connectivity index (χ1v) is 4.52. The number of aromatic hydroxyl groups is 1. The van der Waals surface area contributed by atoms with Gasteiger partial charge in [-0.2, -0.15) is 4.39 Å². The summed E-state index contributed by atoms with van der Waals surface area (Å²) in [4.78, 5) is 0. The van der Waals surface area contributed by atoms with Crippen molar-refractivity contribution in [3.8, 4) is 16.9 Å². The van der Waals surface area contributed by atoms with E-state index in [2.05, 4.69) is 0 Å². The average Bonchev–Trinajstić information content (AvgIpc) is 2.25. The third kappa shape index (κ3) is 1.86. The van der Waals surface area contributed by atoms with Gasteiger partial charge in [-0.3, -0.25) is 0 Å². The van der Waals surface area contributed by atoms with Crippen molar-refractivity contribution in [2.45, 2.75) is 0 Å². The Hall–Kier alpha value is -1.97. The van der Waals surface area contributed by atoms with Crippen molar-refractivity contribution in [2.24, 2.45) is 0 Å². The number of benzene rings is 2. The topological polar surface area (TPSA) is 20.2 Å². The highest BCUT2D eigenvalue weighted by atomic mass is 19.2. The van der Waals surface area contributed by atoms with Crippen LogP contribution in [0.4, 0.5) is 13.2 Å². The first-order valence-electron chi connectivity index (χ1n) is 4.52. The summed E-state index contributed by atoms with van der Waals surface area (Å²) in [7, 11) is 0. The molecule has 0 amide bonds. The second-order valence-corrected chi connectivity index (χ2v) is 3.30. The Morgan fingerprint density at radius 2 is 1.62 bits per heavy atom. The van der Waals surface area contributed by atoms with Crippen LogP contribution in [-0.2, 0) is 0 Å². The third-order valence-corrected chi connectivity index (χ3v) is 2.17. The zero-order valence-electron chi connectivity index (χ0n) is 8.05. The van der Waals surface area contributed by atoms with Crippen molar-refractivity contribution in [2.75, 3.05) is 0 Å². The van der Waals surface area contributed by atoms with Gasteiger partial charge < -0.3 is 5.11 Å². The number of phenols is 1. The van der Waals surface area contributed by atoms with E-state index in [-0.39, 0.29) is 5.56 Å².